The molecule has 0 bridgehead atoms. The van der Waals surface area contributed by atoms with Gasteiger partial charge in [-0.05, 0) is 47.4 Å². The molecule has 0 radical (unpaired) electrons. The van der Waals surface area contributed by atoms with Crippen molar-refractivity contribution in [2.75, 3.05) is 11.5 Å². The van der Waals surface area contributed by atoms with Gasteiger partial charge in [0.15, 0.2) is 5.82 Å². The van der Waals surface area contributed by atoms with Gasteiger partial charge in [0.1, 0.15) is 0 Å². The van der Waals surface area contributed by atoms with Crippen LogP contribution in [0, 0.1) is 5.92 Å². The predicted octanol–water partition coefficient (Wildman–Crippen LogP) is 0.914. The number of hydrogen-bond acceptors (Lipinski definition) is 5. The van der Waals surface area contributed by atoms with Gasteiger partial charge in [-0.2, -0.15) is 0 Å². The van der Waals surface area contributed by atoms with Crippen LogP contribution < -0.4 is 11.5 Å². The van der Waals surface area contributed by atoms with Gasteiger partial charge in [-0.25, -0.2) is 4.68 Å². The summed E-state index contributed by atoms with van der Waals surface area (Å²) in [6.45, 7) is 0.867. The van der Waals surface area contributed by atoms with Gasteiger partial charge in [-0.1, -0.05) is 0 Å². The van der Waals surface area contributed by atoms with Gasteiger partial charge in [-0.15, -0.1) is 5.10 Å². The highest BCUT2D eigenvalue weighted by Crippen LogP contribution is 2.32. The second-order valence-electron chi connectivity index (χ2n) is 4.47. The van der Waals surface area contributed by atoms with E-state index in [-0.39, 0.29) is 0 Å². The molecule has 0 amide bonds. The maximum Gasteiger partial charge on any atom is 0.184 e. The maximum atomic E-state index is 5.94. The topological polar surface area (TPSA) is 95.6 Å². The van der Waals surface area contributed by atoms with Crippen LogP contribution in [-0.4, -0.2) is 20.2 Å². The fourth-order valence-corrected chi connectivity index (χ4v) is 1.85. The molecule has 6 heteroatoms. The number of rotatable bonds is 3. The van der Waals surface area contributed by atoms with Crippen molar-refractivity contribution in [1.82, 2.24) is 20.2 Å². The lowest BCUT2D eigenvalue weighted by Gasteiger charge is -2.06. The van der Waals surface area contributed by atoms with Gasteiger partial charge in [0, 0.05) is 23.5 Å². The molecule has 0 saturated heterocycles. The minimum Gasteiger partial charge on any atom is -0.399 e. The molecule has 1 aliphatic rings. The maximum absolute atomic E-state index is 5.94. The number of nitrogens with two attached hydrogens (primary N) is 2. The zero-order chi connectivity index (χ0) is 11.8. The molecule has 6 nitrogen and oxygen atoms in total. The Kier molecular flexibility index (Phi) is 2.21. The molecule has 0 unspecified atom stereocenters. The fourth-order valence-electron chi connectivity index (χ4n) is 1.85. The van der Waals surface area contributed by atoms with E-state index in [4.69, 9.17) is 11.5 Å². The Bertz CT molecular complexity index is 543. The summed E-state index contributed by atoms with van der Waals surface area (Å²) in [5.41, 5.74) is 13.7. The quantitative estimate of drug-likeness (QED) is 0.764. The first kappa shape index (κ1) is 10.1. The molecule has 4 N–H and O–H groups in total. The summed E-state index contributed by atoms with van der Waals surface area (Å²) in [5.74, 6) is 1.43. The summed E-state index contributed by atoms with van der Waals surface area (Å²) < 4.78 is 1.82. The van der Waals surface area contributed by atoms with Crippen molar-refractivity contribution in [2.24, 2.45) is 5.92 Å². The zero-order valence-electron chi connectivity index (χ0n) is 9.37. The van der Waals surface area contributed by atoms with E-state index in [1.54, 1.807) is 6.07 Å². The van der Waals surface area contributed by atoms with Crippen molar-refractivity contribution in [3.05, 3.63) is 18.2 Å². The molecule has 1 fully saturated rings. The third-order valence-corrected chi connectivity index (χ3v) is 2.98. The second-order valence-corrected chi connectivity index (χ2v) is 4.47. The molecule has 0 aliphatic heterocycles. The molecule has 0 spiro atoms. The molecule has 0 atom stereocenters. The van der Waals surface area contributed by atoms with Gasteiger partial charge in [0.25, 0.3) is 0 Å². The average molecular weight is 230 g/mol. The van der Waals surface area contributed by atoms with Crippen molar-refractivity contribution < 1.29 is 0 Å². The molecule has 3 rings (SSSR count). The Morgan fingerprint density at radius 2 is 2.12 bits per heavy atom. The molecule has 2 aromatic rings. The Balaban J connectivity index is 1.99. The van der Waals surface area contributed by atoms with Crippen molar-refractivity contribution in [2.45, 2.75) is 19.4 Å². The number of anilines is 2. The Labute approximate surface area is 98.6 Å². The highest BCUT2D eigenvalue weighted by molar-refractivity contribution is 5.74. The summed E-state index contributed by atoms with van der Waals surface area (Å²) >= 11 is 0. The molecule has 1 aromatic heterocycles. The molecular weight excluding hydrogens is 216 g/mol. The van der Waals surface area contributed by atoms with E-state index in [0.29, 0.717) is 17.3 Å². The van der Waals surface area contributed by atoms with Crippen LogP contribution in [0.15, 0.2) is 18.2 Å². The lowest BCUT2D eigenvalue weighted by molar-refractivity contribution is 0.548. The van der Waals surface area contributed by atoms with E-state index in [1.165, 1.54) is 12.8 Å². The lowest BCUT2D eigenvalue weighted by atomic mass is 10.1. The number of benzene rings is 1. The number of hydrogen-bond donors (Lipinski definition) is 2. The van der Waals surface area contributed by atoms with E-state index in [9.17, 15) is 0 Å². The zero-order valence-corrected chi connectivity index (χ0v) is 9.37. The van der Waals surface area contributed by atoms with E-state index in [1.807, 2.05) is 16.8 Å². The van der Waals surface area contributed by atoms with Crippen molar-refractivity contribution in [1.29, 1.82) is 0 Å². The summed E-state index contributed by atoms with van der Waals surface area (Å²) in [7, 11) is 0. The van der Waals surface area contributed by atoms with E-state index in [2.05, 4.69) is 15.5 Å². The first-order chi connectivity index (χ1) is 8.24. The first-order valence-electron chi connectivity index (χ1n) is 5.65. The van der Waals surface area contributed by atoms with Crippen LogP contribution in [0.25, 0.3) is 11.4 Å². The van der Waals surface area contributed by atoms with Gasteiger partial charge in [-0.3, -0.25) is 0 Å². The smallest absolute Gasteiger partial charge is 0.184 e. The van der Waals surface area contributed by atoms with Crippen LogP contribution in [0.1, 0.15) is 12.8 Å². The minimum atomic E-state index is 0.608. The highest BCUT2D eigenvalue weighted by atomic mass is 15.5. The average Bonchev–Trinajstić information content (AvgIpc) is 2.97. The molecule has 1 saturated carbocycles. The van der Waals surface area contributed by atoms with Crippen LogP contribution >= 0.6 is 0 Å². The van der Waals surface area contributed by atoms with Crippen LogP contribution in [0.3, 0.4) is 0 Å². The lowest BCUT2D eigenvalue weighted by Crippen LogP contribution is -2.05. The minimum absolute atomic E-state index is 0.608. The third-order valence-electron chi connectivity index (χ3n) is 2.98. The number of aromatic nitrogens is 4. The molecule has 1 aromatic carbocycles. The van der Waals surface area contributed by atoms with Crippen molar-refractivity contribution in [3.63, 3.8) is 0 Å². The van der Waals surface area contributed by atoms with Gasteiger partial charge in [0.2, 0.25) is 0 Å². The summed E-state index contributed by atoms with van der Waals surface area (Å²) in [6, 6.07) is 5.40. The molecule has 17 heavy (non-hydrogen) atoms. The van der Waals surface area contributed by atoms with Crippen LogP contribution in [0.2, 0.25) is 0 Å². The summed E-state index contributed by atoms with van der Waals surface area (Å²) in [5, 5.41) is 11.8. The molecule has 1 aliphatic carbocycles. The van der Waals surface area contributed by atoms with Crippen LogP contribution in [0.5, 0.6) is 0 Å². The van der Waals surface area contributed by atoms with Gasteiger partial charge >= 0.3 is 0 Å². The largest absolute Gasteiger partial charge is 0.399 e. The van der Waals surface area contributed by atoms with Crippen molar-refractivity contribution >= 4 is 11.4 Å². The fraction of sp³-hybridized carbons (Fsp3) is 0.364. The summed E-state index contributed by atoms with van der Waals surface area (Å²) in [4.78, 5) is 0. The number of tetrazole rings is 1. The van der Waals surface area contributed by atoms with E-state index >= 15 is 0 Å². The Morgan fingerprint density at radius 1 is 1.29 bits per heavy atom. The SMILES string of the molecule is Nc1ccc(-c2nnnn2CC2CC2)c(N)c1. The van der Waals surface area contributed by atoms with E-state index < -0.39 is 0 Å². The second kappa shape index (κ2) is 3.73. The molecule has 88 valence electrons. The predicted molar refractivity (Wildman–Crippen MR) is 64.8 cm³/mol. The first-order valence-corrected chi connectivity index (χ1v) is 5.65. The standard InChI is InChI=1S/C11H14N6/c12-8-3-4-9(10(13)5-8)11-14-15-16-17(11)6-7-1-2-7/h3-5,7H,1-2,6,12-13H2. The third kappa shape index (κ3) is 1.93. The van der Waals surface area contributed by atoms with Gasteiger partial charge < -0.3 is 11.5 Å². The van der Waals surface area contributed by atoms with Crippen LogP contribution in [-0.2, 0) is 6.54 Å². The number of nitrogens with zero attached hydrogens (tertiary/aromatic N) is 4. The van der Waals surface area contributed by atoms with Crippen molar-refractivity contribution in [3.8, 4) is 11.4 Å². The monoisotopic (exact) mass is 230 g/mol. The molecule has 1 heterocycles. The highest BCUT2D eigenvalue weighted by Gasteiger charge is 2.24. The molecular formula is C11H14N6. The Morgan fingerprint density at radius 3 is 2.82 bits per heavy atom. The van der Waals surface area contributed by atoms with Gasteiger partial charge in [0.05, 0.1) is 0 Å². The van der Waals surface area contributed by atoms with E-state index in [0.717, 1.165) is 17.9 Å². The number of nitrogen functional groups attached to an aromatic ring is 2. The Hall–Kier alpha value is -2.11. The van der Waals surface area contributed by atoms with Crippen LogP contribution in [0.4, 0.5) is 11.4 Å². The normalized spacial score (nSPS) is 15.1. The summed E-state index contributed by atoms with van der Waals surface area (Å²) in [6.07, 6.45) is 2.52.